The lowest BCUT2D eigenvalue weighted by molar-refractivity contribution is -0.114. The van der Waals surface area contributed by atoms with Gasteiger partial charge in [0.2, 0.25) is 11.8 Å². The standard InChI is InChI=1S/C20H24N2O2S/c1-4-16-8-10-17(11-9-16)21-19(23)12-25-13-20(24)22-18-7-5-6-14(2)15(18)3/h5-11H,4,12-13H2,1-3H3,(H,21,23)(H,22,24). The fraction of sp³-hybridized carbons (Fsp3) is 0.300. The third-order valence-electron chi connectivity index (χ3n) is 3.99. The number of benzene rings is 2. The fourth-order valence-corrected chi connectivity index (χ4v) is 2.95. The molecule has 5 heteroatoms. The summed E-state index contributed by atoms with van der Waals surface area (Å²) >= 11 is 1.30. The Bertz CT molecular complexity index is 742. The minimum absolute atomic E-state index is 0.0983. The SMILES string of the molecule is CCc1ccc(NC(=O)CSCC(=O)Nc2cccc(C)c2C)cc1. The Kier molecular flexibility index (Phi) is 7.07. The maximum atomic E-state index is 12.0. The van der Waals surface area contributed by atoms with E-state index in [4.69, 9.17) is 0 Å². The molecule has 0 aliphatic rings. The third-order valence-corrected chi connectivity index (χ3v) is 4.92. The normalized spacial score (nSPS) is 10.4. The first-order valence-corrected chi connectivity index (χ1v) is 9.47. The van der Waals surface area contributed by atoms with Gasteiger partial charge in [0.1, 0.15) is 0 Å². The van der Waals surface area contributed by atoms with Crippen LogP contribution in [0, 0.1) is 13.8 Å². The van der Waals surface area contributed by atoms with Crippen LogP contribution in [0.5, 0.6) is 0 Å². The van der Waals surface area contributed by atoms with Crippen molar-refractivity contribution in [2.24, 2.45) is 0 Å². The van der Waals surface area contributed by atoms with E-state index in [1.54, 1.807) is 0 Å². The van der Waals surface area contributed by atoms with Crippen LogP contribution in [0.25, 0.3) is 0 Å². The molecular formula is C20H24N2O2S. The number of hydrogen-bond donors (Lipinski definition) is 2. The van der Waals surface area contributed by atoms with Gasteiger partial charge in [0.05, 0.1) is 11.5 Å². The minimum atomic E-state index is -0.103. The van der Waals surface area contributed by atoms with E-state index in [1.807, 2.05) is 56.3 Å². The maximum Gasteiger partial charge on any atom is 0.234 e. The number of anilines is 2. The van der Waals surface area contributed by atoms with Crippen molar-refractivity contribution in [3.63, 3.8) is 0 Å². The van der Waals surface area contributed by atoms with Gasteiger partial charge in [-0.2, -0.15) is 0 Å². The molecule has 0 aliphatic heterocycles. The number of hydrogen-bond acceptors (Lipinski definition) is 3. The smallest absolute Gasteiger partial charge is 0.234 e. The first-order valence-electron chi connectivity index (χ1n) is 8.32. The second-order valence-electron chi connectivity index (χ2n) is 5.89. The van der Waals surface area contributed by atoms with Crippen molar-refractivity contribution in [3.05, 3.63) is 59.2 Å². The summed E-state index contributed by atoms with van der Waals surface area (Å²) in [5, 5.41) is 5.74. The Hall–Kier alpha value is -2.27. The molecule has 0 spiro atoms. The molecule has 2 aromatic rings. The number of carbonyl (C=O) groups excluding carboxylic acids is 2. The molecule has 2 rings (SSSR count). The van der Waals surface area contributed by atoms with Crippen molar-refractivity contribution >= 4 is 35.0 Å². The van der Waals surface area contributed by atoms with Gasteiger partial charge in [-0.05, 0) is 55.2 Å². The molecule has 0 atom stereocenters. The topological polar surface area (TPSA) is 58.2 Å². The molecule has 2 N–H and O–H groups in total. The van der Waals surface area contributed by atoms with Crippen molar-refractivity contribution in [1.82, 2.24) is 0 Å². The van der Waals surface area contributed by atoms with Crippen molar-refractivity contribution in [1.29, 1.82) is 0 Å². The van der Waals surface area contributed by atoms with E-state index in [1.165, 1.54) is 17.3 Å². The van der Waals surface area contributed by atoms with Crippen molar-refractivity contribution in [3.8, 4) is 0 Å². The molecule has 25 heavy (non-hydrogen) atoms. The van der Waals surface area contributed by atoms with Crippen LogP contribution in [0.3, 0.4) is 0 Å². The van der Waals surface area contributed by atoms with E-state index in [2.05, 4.69) is 17.6 Å². The van der Waals surface area contributed by atoms with Gasteiger partial charge in [0, 0.05) is 11.4 Å². The largest absolute Gasteiger partial charge is 0.325 e. The van der Waals surface area contributed by atoms with Crippen LogP contribution in [0.15, 0.2) is 42.5 Å². The number of nitrogens with one attached hydrogen (secondary N) is 2. The van der Waals surface area contributed by atoms with Crippen molar-refractivity contribution in [2.45, 2.75) is 27.2 Å². The molecule has 0 heterocycles. The highest BCUT2D eigenvalue weighted by Gasteiger charge is 2.08. The highest BCUT2D eigenvalue weighted by molar-refractivity contribution is 8.00. The van der Waals surface area contributed by atoms with Gasteiger partial charge >= 0.3 is 0 Å². The van der Waals surface area contributed by atoms with E-state index < -0.39 is 0 Å². The molecule has 0 radical (unpaired) electrons. The molecule has 2 amide bonds. The van der Waals surface area contributed by atoms with Crippen LogP contribution in [-0.2, 0) is 16.0 Å². The van der Waals surface area contributed by atoms with Gasteiger partial charge in [0.25, 0.3) is 0 Å². The predicted octanol–water partition coefficient (Wildman–Crippen LogP) is 4.18. The summed E-state index contributed by atoms with van der Waals surface area (Å²) in [6, 6.07) is 13.6. The predicted molar refractivity (Wildman–Crippen MR) is 106 cm³/mol. The number of rotatable bonds is 7. The summed E-state index contributed by atoms with van der Waals surface area (Å²) in [6.07, 6.45) is 0.972. The molecule has 0 fully saturated rings. The molecular weight excluding hydrogens is 332 g/mol. The highest BCUT2D eigenvalue weighted by atomic mass is 32.2. The molecule has 2 aromatic carbocycles. The molecule has 0 unspecified atom stereocenters. The maximum absolute atomic E-state index is 12.0. The zero-order valence-electron chi connectivity index (χ0n) is 14.9. The summed E-state index contributed by atoms with van der Waals surface area (Å²) in [5.41, 5.74) is 5.04. The van der Waals surface area contributed by atoms with E-state index in [0.717, 1.165) is 28.9 Å². The third kappa shape index (κ3) is 5.94. The summed E-state index contributed by atoms with van der Waals surface area (Å²) in [6.45, 7) is 6.08. The Morgan fingerprint density at radius 3 is 2.20 bits per heavy atom. The van der Waals surface area contributed by atoms with Crippen LogP contribution in [0.2, 0.25) is 0 Å². The first kappa shape index (κ1) is 19.1. The monoisotopic (exact) mass is 356 g/mol. The van der Waals surface area contributed by atoms with Gasteiger partial charge in [-0.3, -0.25) is 9.59 Å². The summed E-state index contributed by atoms with van der Waals surface area (Å²) in [7, 11) is 0. The first-order chi connectivity index (χ1) is 12.0. The molecule has 0 saturated heterocycles. The fourth-order valence-electron chi connectivity index (χ4n) is 2.33. The molecule has 0 bridgehead atoms. The van der Waals surface area contributed by atoms with Gasteiger partial charge in [0.15, 0.2) is 0 Å². The van der Waals surface area contributed by atoms with Crippen LogP contribution < -0.4 is 10.6 Å². The van der Waals surface area contributed by atoms with Crippen LogP contribution in [0.4, 0.5) is 11.4 Å². The Morgan fingerprint density at radius 1 is 0.920 bits per heavy atom. The number of carbonyl (C=O) groups is 2. The van der Waals surface area contributed by atoms with Crippen LogP contribution in [-0.4, -0.2) is 23.3 Å². The lowest BCUT2D eigenvalue weighted by atomic mass is 10.1. The Morgan fingerprint density at radius 2 is 1.56 bits per heavy atom. The minimum Gasteiger partial charge on any atom is -0.325 e. The van der Waals surface area contributed by atoms with E-state index in [9.17, 15) is 9.59 Å². The van der Waals surface area contributed by atoms with Gasteiger partial charge in [-0.1, -0.05) is 31.2 Å². The van der Waals surface area contributed by atoms with Crippen molar-refractivity contribution < 1.29 is 9.59 Å². The summed E-state index contributed by atoms with van der Waals surface area (Å²) in [5.74, 6) is 0.290. The number of thioether (sulfide) groups is 1. The molecule has 4 nitrogen and oxygen atoms in total. The average Bonchev–Trinajstić information content (AvgIpc) is 2.59. The Balaban J connectivity index is 1.74. The molecule has 0 aliphatic carbocycles. The summed E-state index contributed by atoms with van der Waals surface area (Å²) < 4.78 is 0. The molecule has 0 saturated carbocycles. The van der Waals surface area contributed by atoms with E-state index in [-0.39, 0.29) is 23.3 Å². The highest BCUT2D eigenvalue weighted by Crippen LogP contribution is 2.18. The van der Waals surface area contributed by atoms with Gasteiger partial charge < -0.3 is 10.6 Å². The second-order valence-corrected chi connectivity index (χ2v) is 6.87. The number of amides is 2. The van der Waals surface area contributed by atoms with E-state index in [0.29, 0.717) is 0 Å². The van der Waals surface area contributed by atoms with E-state index >= 15 is 0 Å². The molecule has 0 aromatic heterocycles. The Labute approximate surface area is 153 Å². The zero-order chi connectivity index (χ0) is 18.2. The van der Waals surface area contributed by atoms with Crippen LogP contribution >= 0.6 is 11.8 Å². The van der Waals surface area contributed by atoms with Crippen molar-refractivity contribution in [2.75, 3.05) is 22.1 Å². The number of aryl methyl sites for hydroxylation is 2. The van der Waals surface area contributed by atoms with Gasteiger partial charge in [-0.15, -0.1) is 11.8 Å². The average molecular weight is 356 g/mol. The quantitative estimate of drug-likeness (QED) is 0.782. The van der Waals surface area contributed by atoms with Gasteiger partial charge in [-0.25, -0.2) is 0 Å². The lowest BCUT2D eigenvalue weighted by Gasteiger charge is -2.10. The zero-order valence-corrected chi connectivity index (χ0v) is 15.7. The second kappa shape index (κ2) is 9.28. The molecule has 132 valence electrons. The lowest BCUT2D eigenvalue weighted by Crippen LogP contribution is -2.19. The summed E-state index contributed by atoms with van der Waals surface area (Å²) in [4.78, 5) is 24.0. The van der Waals surface area contributed by atoms with Crippen LogP contribution in [0.1, 0.15) is 23.6 Å².